The fraction of sp³-hybridized carbons (Fsp3) is 0.357. The normalized spacial score (nSPS) is 12.0. The first-order valence-corrected chi connectivity index (χ1v) is 7.76. The average Bonchev–Trinajstić information content (AvgIpc) is 2.81. The first-order chi connectivity index (χ1) is 10.5. The second-order valence-electron chi connectivity index (χ2n) is 4.61. The van der Waals surface area contributed by atoms with Crippen molar-refractivity contribution in [2.45, 2.75) is 31.2 Å². The van der Waals surface area contributed by atoms with Gasteiger partial charge in [-0.2, -0.15) is 0 Å². The molecule has 1 aromatic heterocycles. The van der Waals surface area contributed by atoms with Crippen molar-refractivity contribution in [3.8, 4) is 5.75 Å². The first kappa shape index (κ1) is 16.2. The molecule has 0 radical (unpaired) electrons. The van der Waals surface area contributed by atoms with Crippen LogP contribution in [0.1, 0.15) is 19.7 Å². The van der Waals surface area contributed by atoms with E-state index in [4.69, 9.17) is 10.6 Å². The summed E-state index contributed by atoms with van der Waals surface area (Å²) in [5.74, 6) is 7.02. The van der Waals surface area contributed by atoms with E-state index in [1.807, 2.05) is 19.1 Å². The molecule has 7 nitrogen and oxygen atoms in total. The molecule has 2 rings (SSSR count). The molecule has 0 fully saturated rings. The molecule has 0 saturated heterocycles. The van der Waals surface area contributed by atoms with Crippen LogP contribution in [0.2, 0.25) is 0 Å². The van der Waals surface area contributed by atoms with E-state index in [1.54, 1.807) is 26.0 Å². The summed E-state index contributed by atoms with van der Waals surface area (Å²) in [5.41, 5.74) is 0.714. The van der Waals surface area contributed by atoms with Gasteiger partial charge in [-0.25, -0.2) is 4.68 Å². The van der Waals surface area contributed by atoms with Gasteiger partial charge in [0.25, 0.3) is 0 Å². The van der Waals surface area contributed by atoms with Crippen molar-refractivity contribution in [1.82, 2.24) is 14.9 Å². The van der Waals surface area contributed by atoms with Crippen LogP contribution in [0.4, 0.5) is 5.69 Å². The molecule has 1 heterocycles. The Morgan fingerprint density at radius 3 is 2.64 bits per heavy atom. The van der Waals surface area contributed by atoms with E-state index in [9.17, 15) is 4.79 Å². The van der Waals surface area contributed by atoms with Crippen molar-refractivity contribution in [3.63, 3.8) is 0 Å². The van der Waals surface area contributed by atoms with Crippen molar-refractivity contribution in [2.24, 2.45) is 0 Å². The minimum absolute atomic E-state index is 0.130. The Morgan fingerprint density at radius 2 is 2.09 bits per heavy atom. The minimum atomic E-state index is -0.350. The Morgan fingerprint density at radius 1 is 1.41 bits per heavy atom. The fourth-order valence-corrected chi connectivity index (χ4v) is 2.50. The summed E-state index contributed by atoms with van der Waals surface area (Å²) in [6.45, 7) is 6.07. The topological polar surface area (TPSA) is 95.1 Å². The molecular formula is C14H19N5O2S. The van der Waals surface area contributed by atoms with Crippen molar-refractivity contribution in [1.29, 1.82) is 0 Å². The van der Waals surface area contributed by atoms with Gasteiger partial charge in [-0.15, -0.1) is 10.2 Å². The molecule has 1 aromatic carbocycles. The number of nitrogens with two attached hydrogens (primary N) is 1. The third-order valence-electron chi connectivity index (χ3n) is 2.92. The van der Waals surface area contributed by atoms with Crippen LogP contribution in [-0.2, 0) is 4.79 Å². The highest BCUT2D eigenvalue weighted by Gasteiger charge is 2.18. The number of hydrogen-bond donors (Lipinski definition) is 2. The molecule has 2 aromatic rings. The van der Waals surface area contributed by atoms with E-state index in [0.717, 1.165) is 5.75 Å². The molecule has 0 aliphatic heterocycles. The Labute approximate surface area is 133 Å². The lowest BCUT2D eigenvalue weighted by Gasteiger charge is -2.12. The van der Waals surface area contributed by atoms with Crippen LogP contribution < -0.4 is 15.9 Å². The number of rotatable bonds is 6. The molecule has 1 atom stereocenters. The number of nitrogens with zero attached hydrogens (tertiary/aromatic N) is 3. The Balaban J connectivity index is 1.94. The third-order valence-corrected chi connectivity index (χ3v) is 3.98. The Bertz CT molecular complexity index is 641. The van der Waals surface area contributed by atoms with Gasteiger partial charge < -0.3 is 15.9 Å². The van der Waals surface area contributed by atoms with Crippen LogP contribution in [0.5, 0.6) is 5.75 Å². The summed E-state index contributed by atoms with van der Waals surface area (Å²) in [4.78, 5) is 12.2. The number of aromatic nitrogens is 3. The molecule has 3 N–H and O–H groups in total. The summed E-state index contributed by atoms with van der Waals surface area (Å²) >= 11 is 1.26. The van der Waals surface area contributed by atoms with E-state index in [0.29, 0.717) is 23.3 Å². The SMILES string of the molecule is CCOc1ccc(NC(=O)[C@H](C)Sc2nnc(C)n2N)cc1. The number of benzene rings is 1. The number of ether oxygens (including phenoxy) is 1. The summed E-state index contributed by atoms with van der Waals surface area (Å²) < 4.78 is 6.73. The van der Waals surface area contributed by atoms with Crippen LogP contribution in [0.15, 0.2) is 29.4 Å². The molecule has 0 bridgehead atoms. The molecule has 0 spiro atoms. The zero-order chi connectivity index (χ0) is 16.1. The van der Waals surface area contributed by atoms with Crippen LogP contribution >= 0.6 is 11.8 Å². The van der Waals surface area contributed by atoms with Gasteiger partial charge in [-0.3, -0.25) is 4.79 Å². The summed E-state index contributed by atoms with van der Waals surface area (Å²) in [6.07, 6.45) is 0. The van der Waals surface area contributed by atoms with Gasteiger partial charge in [0.05, 0.1) is 11.9 Å². The van der Waals surface area contributed by atoms with Gasteiger partial charge in [0.1, 0.15) is 11.6 Å². The third kappa shape index (κ3) is 3.91. The van der Waals surface area contributed by atoms with Crippen molar-refractivity contribution in [3.05, 3.63) is 30.1 Å². The van der Waals surface area contributed by atoms with Gasteiger partial charge >= 0.3 is 0 Å². The van der Waals surface area contributed by atoms with Crippen LogP contribution in [0.3, 0.4) is 0 Å². The lowest BCUT2D eigenvalue weighted by Crippen LogP contribution is -2.23. The second kappa shape index (κ2) is 7.17. The standard InChI is InChI=1S/C14H19N5O2S/c1-4-21-12-7-5-11(6-8-12)16-13(20)9(2)22-14-18-17-10(3)19(14)15/h5-9H,4,15H2,1-3H3,(H,16,20)/t9-/m0/s1. The molecule has 118 valence electrons. The maximum absolute atomic E-state index is 12.2. The highest BCUT2D eigenvalue weighted by atomic mass is 32.2. The number of nitrogen functional groups attached to an aromatic ring is 1. The Kier molecular flexibility index (Phi) is 5.26. The van der Waals surface area contributed by atoms with Crippen molar-refractivity contribution >= 4 is 23.4 Å². The molecule has 0 saturated carbocycles. The van der Waals surface area contributed by atoms with Crippen molar-refractivity contribution < 1.29 is 9.53 Å². The van der Waals surface area contributed by atoms with Gasteiger partial charge in [0.15, 0.2) is 0 Å². The smallest absolute Gasteiger partial charge is 0.237 e. The van der Waals surface area contributed by atoms with Gasteiger partial charge in [-0.05, 0) is 45.0 Å². The van der Waals surface area contributed by atoms with Crippen molar-refractivity contribution in [2.75, 3.05) is 17.8 Å². The van der Waals surface area contributed by atoms with E-state index in [-0.39, 0.29) is 11.2 Å². The van der Waals surface area contributed by atoms with E-state index < -0.39 is 0 Å². The second-order valence-corrected chi connectivity index (χ2v) is 5.91. The molecule has 0 aliphatic carbocycles. The monoisotopic (exact) mass is 321 g/mol. The quantitative estimate of drug-likeness (QED) is 0.622. The number of thioether (sulfide) groups is 1. The van der Waals surface area contributed by atoms with Gasteiger partial charge in [-0.1, -0.05) is 11.8 Å². The van der Waals surface area contributed by atoms with Crippen LogP contribution in [0.25, 0.3) is 0 Å². The summed E-state index contributed by atoms with van der Waals surface area (Å²) in [5, 5.41) is 10.8. The number of carbonyl (C=O) groups is 1. The zero-order valence-electron chi connectivity index (χ0n) is 12.7. The number of nitrogens with one attached hydrogen (secondary N) is 1. The Hall–Kier alpha value is -2.22. The minimum Gasteiger partial charge on any atom is -0.494 e. The number of carbonyl (C=O) groups excluding carboxylic acids is 1. The number of amides is 1. The largest absolute Gasteiger partial charge is 0.494 e. The molecule has 0 unspecified atom stereocenters. The summed E-state index contributed by atoms with van der Waals surface area (Å²) in [6, 6.07) is 7.24. The predicted octanol–water partition coefficient (Wildman–Crippen LogP) is 1.82. The first-order valence-electron chi connectivity index (χ1n) is 6.88. The lowest BCUT2D eigenvalue weighted by molar-refractivity contribution is -0.115. The van der Waals surface area contributed by atoms with E-state index >= 15 is 0 Å². The van der Waals surface area contributed by atoms with Crippen LogP contribution in [-0.4, -0.2) is 32.6 Å². The molecule has 8 heteroatoms. The fourth-order valence-electron chi connectivity index (χ4n) is 1.69. The molecule has 0 aliphatic rings. The van der Waals surface area contributed by atoms with E-state index in [1.165, 1.54) is 16.4 Å². The maximum Gasteiger partial charge on any atom is 0.237 e. The van der Waals surface area contributed by atoms with Crippen LogP contribution in [0, 0.1) is 6.92 Å². The molecule has 22 heavy (non-hydrogen) atoms. The zero-order valence-corrected chi connectivity index (χ0v) is 13.6. The van der Waals surface area contributed by atoms with Gasteiger partial charge in [0.2, 0.25) is 11.1 Å². The lowest BCUT2D eigenvalue weighted by atomic mass is 10.3. The highest BCUT2D eigenvalue weighted by Crippen LogP contribution is 2.22. The number of aryl methyl sites for hydroxylation is 1. The highest BCUT2D eigenvalue weighted by molar-refractivity contribution is 8.00. The maximum atomic E-state index is 12.2. The molecule has 1 amide bonds. The number of anilines is 1. The molecular weight excluding hydrogens is 302 g/mol. The van der Waals surface area contributed by atoms with E-state index in [2.05, 4.69) is 15.5 Å². The average molecular weight is 321 g/mol. The predicted molar refractivity (Wildman–Crippen MR) is 86.5 cm³/mol. The van der Waals surface area contributed by atoms with Gasteiger partial charge in [0, 0.05) is 5.69 Å². The summed E-state index contributed by atoms with van der Waals surface area (Å²) in [7, 11) is 0. The number of hydrogen-bond acceptors (Lipinski definition) is 6.